The van der Waals surface area contributed by atoms with E-state index in [1.165, 1.54) is 24.0 Å². The van der Waals surface area contributed by atoms with Crippen LogP contribution in [-0.4, -0.2) is 95.8 Å². The molecular formula is C39H53ClN4O4S. The maximum Gasteiger partial charge on any atom is 0.263 e. The third kappa shape index (κ3) is 7.21. The van der Waals surface area contributed by atoms with Crippen molar-refractivity contribution in [1.29, 1.82) is 0 Å². The van der Waals surface area contributed by atoms with Gasteiger partial charge in [0.05, 0.1) is 24.2 Å². The Kier molecular flexibility index (Phi) is 10.5. The van der Waals surface area contributed by atoms with Crippen molar-refractivity contribution in [2.45, 2.75) is 69.1 Å². The van der Waals surface area contributed by atoms with Crippen molar-refractivity contribution in [1.82, 2.24) is 14.5 Å². The standard InChI is InChI=1S/C39H53ClN4O4S/c1-26-6-4-7-30(20-43-17-16-42(3)22-33(43)23-45)34-12-9-31(34)21-44-24-39(15-5-8-28-18-32(40)11-13-35(28)39)25-48-37-14-10-29(19-36(37)44)38(46)41-49(47)27(26)2/h4,7,10-11,13-14,18-19,26-27,30-31,33-34,45H,5-6,8-9,12,15-17,20-25H2,1-3H3,(H,41,46)/b7-4+/t26?,27?,30?,31?,33-,34?,39+,49?/m1/s1. The molecule has 2 aliphatic carbocycles. The van der Waals surface area contributed by atoms with Crippen molar-refractivity contribution < 1.29 is 18.8 Å². The second-order valence-corrected chi connectivity index (χ2v) is 17.6. The Morgan fingerprint density at radius 1 is 1.12 bits per heavy atom. The lowest BCUT2D eigenvalue weighted by molar-refractivity contribution is 0.0231. The van der Waals surface area contributed by atoms with E-state index in [1.807, 2.05) is 31.2 Å². The summed E-state index contributed by atoms with van der Waals surface area (Å²) in [5.74, 6) is 1.98. The van der Waals surface area contributed by atoms with Gasteiger partial charge in [-0.2, -0.15) is 0 Å². The third-order valence-electron chi connectivity index (χ3n) is 12.5. The Labute approximate surface area is 299 Å². The normalized spacial score (nSPS) is 34.9. The summed E-state index contributed by atoms with van der Waals surface area (Å²) < 4.78 is 22.9. The van der Waals surface area contributed by atoms with Gasteiger partial charge in [0.1, 0.15) is 16.7 Å². The number of nitrogens with one attached hydrogen (secondary N) is 1. The first-order valence-corrected chi connectivity index (χ1v) is 20.0. The molecule has 6 unspecified atom stereocenters. The van der Waals surface area contributed by atoms with Crippen LogP contribution in [-0.2, 0) is 22.8 Å². The summed E-state index contributed by atoms with van der Waals surface area (Å²) in [7, 11) is 0.619. The minimum Gasteiger partial charge on any atom is -0.490 e. The molecule has 49 heavy (non-hydrogen) atoms. The summed E-state index contributed by atoms with van der Waals surface area (Å²) >= 11 is 6.49. The number of ether oxygens (including phenoxy) is 1. The minimum atomic E-state index is -1.52. The van der Waals surface area contributed by atoms with Gasteiger partial charge >= 0.3 is 0 Å². The Morgan fingerprint density at radius 3 is 2.78 bits per heavy atom. The van der Waals surface area contributed by atoms with Crippen molar-refractivity contribution in [3.05, 3.63) is 70.3 Å². The molecule has 1 saturated heterocycles. The van der Waals surface area contributed by atoms with E-state index < -0.39 is 11.0 Å². The number of aliphatic hydroxyl groups excluding tert-OH is 1. The number of aliphatic hydroxyl groups is 1. The smallest absolute Gasteiger partial charge is 0.263 e. The fourth-order valence-electron chi connectivity index (χ4n) is 9.11. The molecule has 2 aromatic rings. The summed E-state index contributed by atoms with van der Waals surface area (Å²) in [5.41, 5.74) is 3.90. The molecule has 2 fully saturated rings. The van der Waals surface area contributed by atoms with E-state index in [9.17, 15) is 14.1 Å². The van der Waals surface area contributed by atoms with E-state index in [0.717, 1.165) is 81.4 Å². The summed E-state index contributed by atoms with van der Waals surface area (Å²) in [6.45, 7) is 10.3. The number of benzene rings is 2. The third-order valence-corrected chi connectivity index (χ3v) is 14.2. The highest BCUT2D eigenvalue weighted by atomic mass is 35.5. The molecule has 1 spiro atoms. The van der Waals surface area contributed by atoms with Crippen LogP contribution in [0.15, 0.2) is 48.6 Å². The lowest BCUT2D eigenvalue weighted by Gasteiger charge is -2.48. The largest absolute Gasteiger partial charge is 0.490 e. The van der Waals surface area contributed by atoms with Crippen LogP contribution < -0.4 is 14.4 Å². The van der Waals surface area contributed by atoms with Gasteiger partial charge < -0.3 is 19.6 Å². The Hall–Kier alpha value is -2.43. The zero-order chi connectivity index (χ0) is 34.3. The zero-order valence-electron chi connectivity index (χ0n) is 29.3. The highest BCUT2D eigenvalue weighted by molar-refractivity contribution is 7.84. The number of rotatable bonds is 3. The molecule has 8 atom stereocenters. The minimum absolute atomic E-state index is 0.136. The van der Waals surface area contributed by atoms with E-state index >= 15 is 0 Å². The number of carbonyl (C=O) groups excluding carboxylic acids is 1. The first kappa shape index (κ1) is 35.0. The highest BCUT2D eigenvalue weighted by Gasteiger charge is 2.45. The quantitative estimate of drug-likeness (QED) is 0.411. The van der Waals surface area contributed by atoms with Gasteiger partial charge in [0.2, 0.25) is 0 Å². The molecule has 0 aromatic heterocycles. The van der Waals surface area contributed by atoms with Crippen LogP contribution in [0.4, 0.5) is 5.69 Å². The lowest BCUT2D eigenvalue weighted by Crippen LogP contribution is -2.55. The number of carbonyl (C=O) groups is 1. The van der Waals surface area contributed by atoms with Gasteiger partial charge in [-0.1, -0.05) is 36.7 Å². The molecule has 2 aromatic carbocycles. The first-order valence-electron chi connectivity index (χ1n) is 18.4. The summed E-state index contributed by atoms with van der Waals surface area (Å²) in [6, 6.07) is 12.2. The van der Waals surface area contributed by atoms with Gasteiger partial charge in [-0.15, -0.1) is 0 Å². The van der Waals surface area contributed by atoms with E-state index in [-0.39, 0.29) is 35.1 Å². The van der Waals surface area contributed by atoms with Gasteiger partial charge in [0.25, 0.3) is 5.91 Å². The van der Waals surface area contributed by atoms with Crippen molar-refractivity contribution in [3.63, 3.8) is 0 Å². The SMILES string of the molecule is CC1C/C=C/C(CN2CCN(C)C[C@@H]2CO)C2CCC2CN2C[C@@]3(CCCc4cc(Cl)ccc43)COc3ccc(cc32)C(=O)NS(=O)C1C. The van der Waals surface area contributed by atoms with Crippen LogP contribution in [0.3, 0.4) is 0 Å². The lowest BCUT2D eigenvalue weighted by atomic mass is 9.65. The molecule has 5 aliphatic rings. The van der Waals surface area contributed by atoms with Crippen molar-refractivity contribution >= 4 is 34.2 Å². The second-order valence-electron chi connectivity index (χ2n) is 15.6. The topological polar surface area (TPSA) is 85.3 Å². The molecule has 7 rings (SSSR count). The average Bonchev–Trinajstić information content (AvgIpc) is 3.23. The summed E-state index contributed by atoms with van der Waals surface area (Å²) in [6.07, 6.45) is 11.0. The van der Waals surface area contributed by atoms with Crippen molar-refractivity contribution in [2.75, 3.05) is 64.4 Å². The van der Waals surface area contributed by atoms with Crippen LogP contribution in [0.25, 0.3) is 0 Å². The van der Waals surface area contributed by atoms with E-state index in [1.54, 1.807) is 0 Å². The predicted octanol–water partition coefficient (Wildman–Crippen LogP) is 5.44. The second kappa shape index (κ2) is 14.7. The van der Waals surface area contributed by atoms with E-state index in [2.05, 4.69) is 57.7 Å². The molecular weight excluding hydrogens is 656 g/mol. The highest BCUT2D eigenvalue weighted by Crippen LogP contribution is 2.47. The molecule has 1 amide bonds. The summed E-state index contributed by atoms with van der Waals surface area (Å²) in [5, 5.41) is 10.9. The molecule has 0 radical (unpaired) electrons. The van der Waals surface area contributed by atoms with Crippen molar-refractivity contribution in [2.24, 2.45) is 23.7 Å². The molecule has 2 bridgehead atoms. The Morgan fingerprint density at radius 2 is 1.98 bits per heavy atom. The van der Waals surface area contributed by atoms with Crippen LogP contribution >= 0.6 is 11.6 Å². The molecule has 10 heteroatoms. The Balaban J connectivity index is 1.26. The number of halogens is 1. The first-order chi connectivity index (χ1) is 23.6. The number of anilines is 1. The molecule has 1 saturated carbocycles. The van der Waals surface area contributed by atoms with Crippen LogP contribution in [0, 0.1) is 23.7 Å². The number of hydrogen-bond acceptors (Lipinski definition) is 7. The van der Waals surface area contributed by atoms with Gasteiger partial charge in [-0.25, -0.2) is 4.21 Å². The number of nitrogens with zero attached hydrogens (tertiary/aromatic N) is 3. The molecule has 266 valence electrons. The van der Waals surface area contributed by atoms with Gasteiger partial charge in [0.15, 0.2) is 0 Å². The molecule has 8 nitrogen and oxygen atoms in total. The summed E-state index contributed by atoms with van der Waals surface area (Å²) in [4.78, 5) is 20.9. The van der Waals surface area contributed by atoms with Crippen LogP contribution in [0.5, 0.6) is 5.75 Å². The number of aryl methyl sites for hydroxylation is 1. The molecule has 2 N–H and O–H groups in total. The number of fused-ring (bicyclic) bond motifs is 4. The van der Waals surface area contributed by atoms with Gasteiger partial charge in [-0.3, -0.25) is 14.4 Å². The number of hydrogen-bond donors (Lipinski definition) is 2. The van der Waals surface area contributed by atoms with Crippen LogP contribution in [0.1, 0.15) is 67.4 Å². The number of allylic oxidation sites excluding steroid dienone is 1. The molecule has 3 aliphatic heterocycles. The zero-order valence-corrected chi connectivity index (χ0v) is 30.9. The molecule has 3 heterocycles. The van der Waals surface area contributed by atoms with E-state index in [0.29, 0.717) is 29.9 Å². The fourth-order valence-corrected chi connectivity index (χ4v) is 10.3. The van der Waals surface area contributed by atoms with Crippen molar-refractivity contribution in [3.8, 4) is 5.75 Å². The number of likely N-dealkylation sites (N-methyl/N-ethyl adjacent to an activating group) is 1. The van der Waals surface area contributed by atoms with Gasteiger partial charge in [0, 0.05) is 61.3 Å². The fraction of sp³-hybridized carbons (Fsp3) is 0.615. The maximum absolute atomic E-state index is 13.6. The van der Waals surface area contributed by atoms with Crippen LogP contribution in [0.2, 0.25) is 5.02 Å². The Bertz CT molecular complexity index is 1590. The number of piperazine rings is 1. The van der Waals surface area contributed by atoms with Gasteiger partial charge in [-0.05, 0) is 118 Å². The maximum atomic E-state index is 13.6. The predicted molar refractivity (Wildman–Crippen MR) is 198 cm³/mol. The monoisotopic (exact) mass is 708 g/mol. The number of amides is 1. The van der Waals surface area contributed by atoms with E-state index in [4.69, 9.17) is 16.3 Å². The average molecular weight is 709 g/mol.